The molecule has 1 fully saturated rings. The van der Waals surface area contributed by atoms with Crippen molar-refractivity contribution in [3.8, 4) is 11.5 Å². The highest BCUT2D eigenvalue weighted by molar-refractivity contribution is 8.26. The van der Waals surface area contributed by atoms with Gasteiger partial charge in [0.2, 0.25) is 0 Å². The van der Waals surface area contributed by atoms with Gasteiger partial charge in [0.1, 0.15) is 17.0 Å². The number of thiocarbonyl (C=S) groups is 1. The fourth-order valence-corrected chi connectivity index (χ4v) is 5.08. The van der Waals surface area contributed by atoms with Crippen LogP contribution in [0.4, 0.5) is 0 Å². The van der Waals surface area contributed by atoms with Crippen molar-refractivity contribution >= 4 is 46.3 Å². The third kappa shape index (κ3) is 6.78. The van der Waals surface area contributed by atoms with Gasteiger partial charge in [-0.3, -0.25) is 14.5 Å². The predicted octanol–water partition coefficient (Wildman–Crippen LogP) is 6.29. The number of aliphatic carboxylic acids is 1. The fraction of sp³-hybridized carbons (Fsp3) is 0.207. The lowest BCUT2D eigenvalue weighted by Gasteiger charge is -2.20. The summed E-state index contributed by atoms with van der Waals surface area (Å²) >= 11 is 6.29. The number of thioether (sulfide) groups is 1. The number of hydrogen-bond acceptors (Lipinski definition) is 6. The van der Waals surface area contributed by atoms with Gasteiger partial charge in [-0.25, -0.2) is 0 Å². The number of amides is 1. The first kappa shape index (κ1) is 26.4. The molecular weight excluding hydrogens is 506 g/mol. The highest BCUT2D eigenvalue weighted by atomic mass is 32.2. The number of hydrogen-bond donors (Lipinski definition) is 1. The van der Waals surface area contributed by atoms with Crippen molar-refractivity contribution in [3.05, 3.63) is 100 Å². The van der Waals surface area contributed by atoms with Gasteiger partial charge in [-0.05, 0) is 41.8 Å². The molecule has 0 aromatic heterocycles. The summed E-state index contributed by atoms with van der Waals surface area (Å²) in [5.41, 5.74) is 2.92. The number of carboxylic acid groups (broad SMARTS) is 1. The Balaban J connectivity index is 1.59. The second-order valence-electron chi connectivity index (χ2n) is 8.66. The van der Waals surface area contributed by atoms with Crippen LogP contribution < -0.4 is 9.47 Å². The molecule has 8 heteroatoms. The summed E-state index contributed by atoms with van der Waals surface area (Å²) < 4.78 is 12.8. The van der Waals surface area contributed by atoms with E-state index < -0.39 is 18.4 Å². The molecule has 0 bridgehead atoms. The summed E-state index contributed by atoms with van der Waals surface area (Å²) in [7, 11) is 0. The predicted molar refractivity (Wildman–Crippen MR) is 150 cm³/mol. The summed E-state index contributed by atoms with van der Waals surface area (Å²) in [6.45, 7) is 4.08. The molecule has 2 atom stereocenters. The van der Waals surface area contributed by atoms with Crippen molar-refractivity contribution in [1.29, 1.82) is 0 Å². The first-order valence-corrected chi connectivity index (χ1v) is 13.0. The lowest BCUT2D eigenvalue weighted by atomic mass is 10.0. The molecule has 3 aromatic carbocycles. The Labute approximate surface area is 225 Å². The molecule has 3 aromatic rings. The van der Waals surface area contributed by atoms with Gasteiger partial charge in [0.05, 0.1) is 11.5 Å². The average Bonchev–Trinajstić information content (AvgIpc) is 3.15. The zero-order valence-electron chi connectivity index (χ0n) is 20.5. The number of carboxylic acids is 1. The minimum atomic E-state index is -1.12. The van der Waals surface area contributed by atoms with Gasteiger partial charge in [-0.1, -0.05) is 97.6 Å². The minimum Gasteiger partial charge on any atom is -0.489 e. The van der Waals surface area contributed by atoms with Crippen molar-refractivity contribution in [2.24, 2.45) is 0 Å². The molecule has 1 saturated heterocycles. The van der Waals surface area contributed by atoms with E-state index in [1.807, 2.05) is 73.7 Å². The van der Waals surface area contributed by atoms with E-state index in [1.54, 1.807) is 6.08 Å². The monoisotopic (exact) mass is 533 g/mol. The summed E-state index contributed by atoms with van der Waals surface area (Å²) in [6.07, 6.45) is 1.46. The van der Waals surface area contributed by atoms with Crippen molar-refractivity contribution in [2.75, 3.05) is 13.2 Å². The number of nitrogens with zero attached hydrogens (tertiary/aromatic N) is 1. The fourth-order valence-electron chi connectivity index (χ4n) is 3.82. The van der Waals surface area contributed by atoms with Crippen LogP contribution >= 0.6 is 24.0 Å². The van der Waals surface area contributed by atoms with E-state index in [9.17, 15) is 9.59 Å². The standard InChI is InChI=1S/C29H27NO5S2/c1-19(22-9-5-3-6-10-22)18-34-24-14-13-21(15-25(24)35-20(2)23-11-7-4-8-12-23)16-26-28(33)30(17-27(31)32)29(36)37-26/h3-16,19-20H,17-18H2,1-2H3,(H,31,32)/b26-16-/t19-,20+/m0/s1. The quantitative estimate of drug-likeness (QED) is 0.242. The Morgan fingerprint density at radius 1 is 1.00 bits per heavy atom. The normalized spacial score (nSPS) is 16.1. The lowest BCUT2D eigenvalue weighted by Crippen LogP contribution is -2.33. The second kappa shape index (κ2) is 12.1. The molecule has 190 valence electrons. The Morgan fingerprint density at radius 2 is 1.65 bits per heavy atom. The Bertz CT molecular complexity index is 1310. The first-order valence-electron chi connectivity index (χ1n) is 11.8. The first-order chi connectivity index (χ1) is 17.8. The Morgan fingerprint density at radius 3 is 2.30 bits per heavy atom. The van der Waals surface area contributed by atoms with E-state index in [-0.39, 0.29) is 16.3 Å². The Hall–Kier alpha value is -3.62. The number of ether oxygens (including phenoxy) is 2. The van der Waals surface area contributed by atoms with Gasteiger partial charge in [-0.2, -0.15) is 0 Å². The van der Waals surface area contributed by atoms with Crippen LogP contribution in [-0.2, 0) is 9.59 Å². The number of rotatable bonds is 10. The molecule has 6 nitrogen and oxygen atoms in total. The maximum absolute atomic E-state index is 12.7. The lowest BCUT2D eigenvalue weighted by molar-refractivity contribution is -0.140. The molecule has 0 saturated carbocycles. The van der Waals surface area contributed by atoms with Crippen LogP contribution in [0.5, 0.6) is 11.5 Å². The van der Waals surface area contributed by atoms with E-state index in [0.29, 0.717) is 23.0 Å². The van der Waals surface area contributed by atoms with Gasteiger partial charge >= 0.3 is 5.97 Å². The van der Waals surface area contributed by atoms with Gasteiger partial charge in [0.25, 0.3) is 5.91 Å². The van der Waals surface area contributed by atoms with E-state index >= 15 is 0 Å². The summed E-state index contributed by atoms with van der Waals surface area (Å²) in [6, 6.07) is 25.5. The third-order valence-corrected chi connectivity index (χ3v) is 7.24. The topological polar surface area (TPSA) is 76.1 Å². The van der Waals surface area contributed by atoms with Crippen molar-refractivity contribution in [1.82, 2.24) is 4.90 Å². The molecule has 1 aliphatic heterocycles. The summed E-state index contributed by atoms with van der Waals surface area (Å²) in [4.78, 5) is 25.3. The van der Waals surface area contributed by atoms with Crippen LogP contribution in [0.25, 0.3) is 6.08 Å². The molecule has 1 heterocycles. The molecule has 1 N–H and O–H groups in total. The van der Waals surface area contributed by atoms with Gasteiger partial charge in [0, 0.05) is 5.92 Å². The zero-order chi connectivity index (χ0) is 26.4. The van der Waals surface area contributed by atoms with Crippen molar-refractivity contribution < 1.29 is 24.2 Å². The molecular formula is C29H27NO5S2. The van der Waals surface area contributed by atoms with E-state index in [0.717, 1.165) is 27.8 Å². The van der Waals surface area contributed by atoms with Crippen LogP contribution in [0.2, 0.25) is 0 Å². The third-order valence-electron chi connectivity index (χ3n) is 5.86. The van der Waals surface area contributed by atoms with Gasteiger partial charge in [0.15, 0.2) is 11.5 Å². The SMILES string of the molecule is C[C@@H](COc1ccc(/C=C2\SC(=S)N(CC(=O)O)C2=O)cc1O[C@H](C)c1ccccc1)c1ccccc1. The molecule has 0 radical (unpaired) electrons. The van der Waals surface area contributed by atoms with Gasteiger partial charge < -0.3 is 14.6 Å². The summed E-state index contributed by atoms with van der Waals surface area (Å²) in [5, 5.41) is 9.08. The maximum atomic E-state index is 12.7. The molecule has 0 spiro atoms. The molecule has 0 unspecified atom stereocenters. The number of carbonyl (C=O) groups excluding carboxylic acids is 1. The maximum Gasteiger partial charge on any atom is 0.323 e. The number of carbonyl (C=O) groups is 2. The zero-order valence-corrected chi connectivity index (χ0v) is 22.1. The molecule has 1 aliphatic rings. The molecule has 0 aliphatic carbocycles. The van der Waals surface area contributed by atoms with Crippen LogP contribution in [-0.4, -0.2) is 39.4 Å². The molecule has 37 heavy (non-hydrogen) atoms. The summed E-state index contributed by atoms with van der Waals surface area (Å²) in [5.74, 6) is -0.215. The smallest absolute Gasteiger partial charge is 0.323 e. The van der Waals surface area contributed by atoms with Crippen LogP contribution in [0.1, 0.15) is 42.6 Å². The second-order valence-corrected chi connectivity index (χ2v) is 10.3. The number of benzene rings is 3. The van der Waals surface area contributed by atoms with Crippen molar-refractivity contribution in [2.45, 2.75) is 25.9 Å². The average molecular weight is 534 g/mol. The van der Waals surface area contributed by atoms with Gasteiger partial charge in [-0.15, -0.1) is 0 Å². The highest BCUT2D eigenvalue weighted by Gasteiger charge is 2.33. The van der Waals surface area contributed by atoms with E-state index in [2.05, 4.69) is 19.1 Å². The largest absolute Gasteiger partial charge is 0.489 e. The van der Waals surface area contributed by atoms with Crippen LogP contribution in [0.3, 0.4) is 0 Å². The van der Waals surface area contributed by atoms with Crippen molar-refractivity contribution in [3.63, 3.8) is 0 Å². The highest BCUT2D eigenvalue weighted by Crippen LogP contribution is 2.36. The van der Waals surface area contributed by atoms with E-state index in [4.69, 9.17) is 26.8 Å². The molecule has 1 amide bonds. The molecule has 4 rings (SSSR count). The minimum absolute atomic E-state index is 0.177. The Kier molecular flexibility index (Phi) is 8.63. The van der Waals surface area contributed by atoms with E-state index in [1.165, 1.54) is 5.56 Å². The van der Waals surface area contributed by atoms with Crippen LogP contribution in [0, 0.1) is 0 Å². The van der Waals surface area contributed by atoms with Crippen LogP contribution in [0.15, 0.2) is 83.8 Å².